The molecule has 8 nitrogen and oxygen atoms in total. The summed E-state index contributed by atoms with van der Waals surface area (Å²) in [6.45, 7) is 16.5. The van der Waals surface area contributed by atoms with Gasteiger partial charge in [-0.25, -0.2) is 9.07 Å². The number of methoxy groups -OCH3 is 1. The second-order valence-corrected chi connectivity index (χ2v) is 15.3. The highest BCUT2D eigenvalue weighted by Gasteiger charge is 2.33. The van der Waals surface area contributed by atoms with E-state index in [0.717, 1.165) is 71.6 Å². The number of hydrogen-bond donors (Lipinski definition) is 0. The van der Waals surface area contributed by atoms with E-state index in [1.165, 1.54) is 4.68 Å². The Hall–Kier alpha value is -3.69. The molecule has 3 aromatic rings. The highest BCUT2D eigenvalue weighted by Crippen LogP contribution is 2.41. The number of hydrogen-bond acceptors (Lipinski definition) is 7. The molecular weight excluding hydrogens is 645 g/mol. The van der Waals surface area contributed by atoms with E-state index >= 15 is 4.39 Å². The Morgan fingerprint density at radius 2 is 1.69 bits per heavy atom. The van der Waals surface area contributed by atoms with E-state index in [9.17, 15) is 14.4 Å². The van der Waals surface area contributed by atoms with E-state index in [1.54, 1.807) is 27.0 Å². The van der Waals surface area contributed by atoms with Crippen molar-refractivity contribution in [3.63, 3.8) is 0 Å². The van der Waals surface area contributed by atoms with Crippen LogP contribution in [0.3, 0.4) is 0 Å². The van der Waals surface area contributed by atoms with Crippen LogP contribution < -0.4 is 5.56 Å². The summed E-state index contributed by atoms with van der Waals surface area (Å²) in [7, 11) is 1.73. The van der Waals surface area contributed by atoms with E-state index in [4.69, 9.17) is 14.6 Å². The van der Waals surface area contributed by atoms with Crippen molar-refractivity contribution in [3.05, 3.63) is 85.6 Å². The smallest absolute Gasteiger partial charge is 0.306 e. The number of aryl methyl sites for hydroxylation is 4. The molecule has 1 aromatic heterocycles. The standard InChI is InChI=1S/C42H56FN3O5/c1-9-51-40(49)21-31(35-20-32(19-29(7)42(35)43)41-27(5)17-26(4)18-28(41)6)12-13-38(47)37(16-25(2)3)46-39(48)22-34(30-10-11-30)36(44-46)14-15-45-23-33(24-45)50-8/h17-20,22,25,30-31,33,37H,9-16,21,23-24H2,1-8H3/t31-,37-/m0/s1. The zero-order valence-corrected chi connectivity index (χ0v) is 31.8. The molecule has 2 aliphatic rings. The molecule has 2 aromatic carbocycles. The molecule has 0 spiro atoms. The van der Waals surface area contributed by atoms with Crippen molar-refractivity contribution in [1.82, 2.24) is 14.7 Å². The molecule has 51 heavy (non-hydrogen) atoms. The Balaban J connectivity index is 1.44. The van der Waals surface area contributed by atoms with Crippen LogP contribution in [0.5, 0.6) is 0 Å². The zero-order chi connectivity index (χ0) is 37.0. The van der Waals surface area contributed by atoms with Crippen molar-refractivity contribution in [1.29, 1.82) is 0 Å². The average Bonchev–Trinajstić information content (AvgIpc) is 3.88. The van der Waals surface area contributed by atoms with Crippen molar-refractivity contribution in [3.8, 4) is 11.1 Å². The third-order valence-electron chi connectivity index (χ3n) is 10.5. The third kappa shape index (κ3) is 9.41. The predicted octanol–water partition coefficient (Wildman–Crippen LogP) is 7.71. The molecule has 0 radical (unpaired) electrons. The van der Waals surface area contributed by atoms with Crippen molar-refractivity contribution < 1.29 is 23.5 Å². The van der Waals surface area contributed by atoms with E-state index in [2.05, 4.69) is 37.8 Å². The number of aromatic nitrogens is 2. The van der Waals surface area contributed by atoms with Gasteiger partial charge in [0.25, 0.3) is 5.56 Å². The summed E-state index contributed by atoms with van der Waals surface area (Å²) in [6, 6.07) is 8.87. The number of Topliss-reactive ketones (excluding diaryl/α,β-unsaturated/α-hetero) is 1. The number of halogens is 1. The zero-order valence-electron chi connectivity index (χ0n) is 31.8. The largest absolute Gasteiger partial charge is 0.466 e. The maximum Gasteiger partial charge on any atom is 0.306 e. The first-order valence-corrected chi connectivity index (χ1v) is 18.7. The van der Waals surface area contributed by atoms with Gasteiger partial charge in [-0.15, -0.1) is 0 Å². The first-order chi connectivity index (χ1) is 24.3. The molecule has 2 heterocycles. The van der Waals surface area contributed by atoms with Crippen molar-refractivity contribution in [2.24, 2.45) is 5.92 Å². The van der Waals surface area contributed by atoms with Gasteiger partial charge in [-0.1, -0.05) is 31.5 Å². The minimum Gasteiger partial charge on any atom is -0.466 e. The van der Waals surface area contributed by atoms with Crippen molar-refractivity contribution >= 4 is 11.8 Å². The number of carbonyl (C=O) groups is 2. The summed E-state index contributed by atoms with van der Waals surface area (Å²) in [5.41, 5.74) is 7.77. The lowest BCUT2D eigenvalue weighted by atomic mass is 9.84. The summed E-state index contributed by atoms with van der Waals surface area (Å²) in [6.07, 6.45) is 3.73. The molecule has 0 N–H and O–H groups in total. The molecule has 9 heteroatoms. The number of likely N-dealkylation sites (tertiary alicyclic amines) is 1. The van der Waals surface area contributed by atoms with Crippen LogP contribution in [0.1, 0.15) is 116 Å². The van der Waals surface area contributed by atoms with Gasteiger partial charge in [0.2, 0.25) is 0 Å². The number of nitrogens with zero attached hydrogens (tertiary/aromatic N) is 3. The first-order valence-electron chi connectivity index (χ1n) is 18.7. The summed E-state index contributed by atoms with van der Waals surface area (Å²) < 4.78 is 28.2. The molecule has 0 amide bonds. The van der Waals surface area contributed by atoms with Gasteiger partial charge in [-0.2, -0.15) is 5.10 Å². The molecule has 276 valence electrons. The fraction of sp³-hybridized carbons (Fsp3) is 0.571. The topological polar surface area (TPSA) is 90.7 Å². The van der Waals surface area contributed by atoms with Crippen LogP contribution in [0.25, 0.3) is 11.1 Å². The van der Waals surface area contributed by atoms with Gasteiger partial charge in [-0.3, -0.25) is 19.3 Å². The lowest BCUT2D eigenvalue weighted by molar-refractivity contribution is -0.143. The molecule has 1 saturated heterocycles. The molecule has 2 fully saturated rings. The fourth-order valence-electron chi connectivity index (χ4n) is 7.76. The first kappa shape index (κ1) is 38.5. The molecule has 5 rings (SSSR count). The third-order valence-corrected chi connectivity index (χ3v) is 10.5. The molecule has 0 bridgehead atoms. The van der Waals surface area contributed by atoms with Crippen molar-refractivity contribution in [2.75, 3.05) is 33.4 Å². The Bertz CT molecular complexity index is 1770. The van der Waals surface area contributed by atoms with Crippen LogP contribution in [0.4, 0.5) is 4.39 Å². The lowest BCUT2D eigenvalue weighted by Gasteiger charge is -2.38. The van der Waals surface area contributed by atoms with Gasteiger partial charge >= 0.3 is 5.97 Å². The van der Waals surface area contributed by atoms with Gasteiger partial charge < -0.3 is 9.47 Å². The lowest BCUT2D eigenvalue weighted by Crippen LogP contribution is -2.52. The van der Waals surface area contributed by atoms with Crippen LogP contribution in [0.15, 0.2) is 35.1 Å². The highest BCUT2D eigenvalue weighted by molar-refractivity contribution is 5.83. The monoisotopic (exact) mass is 701 g/mol. The normalized spacial score (nSPS) is 16.3. The van der Waals surface area contributed by atoms with E-state index in [1.807, 2.05) is 26.0 Å². The van der Waals surface area contributed by atoms with Crippen LogP contribution in [-0.4, -0.2) is 65.9 Å². The summed E-state index contributed by atoms with van der Waals surface area (Å²) >= 11 is 0. The van der Waals surface area contributed by atoms with Gasteiger partial charge in [0, 0.05) is 45.7 Å². The van der Waals surface area contributed by atoms with Gasteiger partial charge in [0.1, 0.15) is 11.9 Å². The second-order valence-electron chi connectivity index (χ2n) is 15.3. The van der Waals surface area contributed by atoms with Gasteiger partial charge in [-0.05, 0) is 129 Å². The van der Waals surface area contributed by atoms with E-state index < -0.39 is 17.9 Å². The Labute approximate surface area is 302 Å². The SMILES string of the molecule is CCOC(=O)C[C@H](CCC(=O)[C@H](CC(C)C)n1nc(CCN2CC(OC)C2)c(C2CC2)cc1=O)c1cc(-c2c(C)cc(C)cc2C)cc(C)c1F. The molecule has 2 atom stereocenters. The number of benzene rings is 2. The Morgan fingerprint density at radius 3 is 2.29 bits per heavy atom. The molecule has 1 aliphatic heterocycles. The maximum absolute atomic E-state index is 16.1. The molecular formula is C42H56FN3O5. The quantitative estimate of drug-likeness (QED) is 0.133. The van der Waals surface area contributed by atoms with E-state index in [0.29, 0.717) is 29.9 Å². The number of esters is 1. The maximum atomic E-state index is 16.1. The molecule has 1 saturated carbocycles. The minimum absolute atomic E-state index is 0.0551. The molecule has 1 aliphatic carbocycles. The van der Waals surface area contributed by atoms with Crippen molar-refractivity contribution in [2.45, 2.75) is 117 Å². The summed E-state index contributed by atoms with van der Waals surface area (Å²) in [4.78, 5) is 43.1. The van der Waals surface area contributed by atoms with Gasteiger partial charge in [0.05, 0.1) is 24.8 Å². The number of rotatable bonds is 17. The summed E-state index contributed by atoms with van der Waals surface area (Å²) in [5.74, 6) is -1.07. The number of carbonyl (C=O) groups excluding carboxylic acids is 2. The van der Waals surface area contributed by atoms with Crippen LogP contribution in [0.2, 0.25) is 0 Å². The summed E-state index contributed by atoms with van der Waals surface area (Å²) in [5, 5.41) is 4.92. The average molecular weight is 702 g/mol. The molecule has 0 unspecified atom stereocenters. The second kappa shape index (κ2) is 16.8. The number of ketones is 1. The highest BCUT2D eigenvalue weighted by atomic mass is 19.1. The Kier molecular flexibility index (Phi) is 12.7. The van der Waals surface area contributed by atoms with E-state index in [-0.39, 0.29) is 55.1 Å². The van der Waals surface area contributed by atoms with Crippen LogP contribution in [0, 0.1) is 39.4 Å². The minimum atomic E-state index is -0.759. The predicted molar refractivity (Wildman–Crippen MR) is 199 cm³/mol. The number of ether oxygens (including phenoxy) is 2. The fourth-order valence-corrected chi connectivity index (χ4v) is 7.76. The van der Waals surface area contributed by atoms with Crippen LogP contribution >= 0.6 is 0 Å². The van der Waals surface area contributed by atoms with Crippen LogP contribution in [-0.2, 0) is 25.5 Å². The Morgan fingerprint density at radius 1 is 1.00 bits per heavy atom. The van der Waals surface area contributed by atoms with Gasteiger partial charge in [0.15, 0.2) is 5.78 Å².